The molecule has 1 aromatic rings. The molecule has 2 N–H and O–H groups in total. The van der Waals surface area contributed by atoms with Crippen LogP contribution < -0.4 is 15.5 Å². The van der Waals surface area contributed by atoms with Gasteiger partial charge in [0.1, 0.15) is 0 Å². The lowest BCUT2D eigenvalue weighted by Gasteiger charge is -2.21. The summed E-state index contributed by atoms with van der Waals surface area (Å²) in [6.07, 6.45) is 0.476. The van der Waals surface area contributed by atoms with Crippen molar-refractivity contribution in [2.24, 2.45) is 5.92 Å². The van der Waals surface area contributed by atoms with E-state index >= 15 is 0 Å². The number of nitrogens with zero attached hydrogens (tertiary/aromatic N) is 1. The molecule has 5 heteroatoms. The Kier molecular flexibility index (Phi) is 4.74. The molecule has 1 aliphatic heterocycles. The van der Waals surface area contributed by atoms with E-state index in [-0.39, 0.29) is 23.4 Å². The first kappa shape index (κ1) is 16.3. The predicted molar refractivity (Wildman–Crippen MR) is 87.9 cm³/mol. The van der Waals surface area contributed by atoms with Crippen LogP contribution >= 0.6 is 0 Å². The molecule has 1 saturated heterocycles. The van der Waals surface area contributed by atoms with Gasteiger partial charge < -0.3 is 15.5 Å². The summed E-state index contributed by atoms with van der Waals surface area (Å²) < 4.78 is 0. The second-order valence-electron chi connectivity index (χ2n) is 7.00. The molecule has 1 fully saturated rings. The lowest BCUT2D eigenvalue weighted by molar-refractivity contribution is -0.117. The van der Waals surface area contributed by atoms with Gasteiger partial charge in [0.05, 0.1) is 0 Å². The fraction of sp³-hybridized carbons (Fsp3) is 0.529. The normalized spacial score (nSPS) is 18.5. The number of anilines is 1. The number of carbonyl (C=O) groups excluding carboxylic acids is 2. The van der Waals surface area contributed by atoms with E-state index in [4.69, 9.17) is 0 Å². The molecule has 0 radical (unpaired) electrons. The number of benzene rings is 1. The highest BCUT2D eigenvalue weighted by atomic mass is 16.2. The molecule has 2 rings (SSSR count). The summed E-state index contributed by atoms with van der Waals surface area (Å²) in [5, 5.41) is 5.71. The summed E-state index contributed by atoms with van der Waals surface area (Å²) in [6.45, 7) is 8.99. The van der Waals surface area contributed by atoms with Gasteiger partial charge in [0.15, 0.2) is 0 Å². The van der Waals surface area contributed by atoms with Gasteiger partial charge in [-0.25, -0.2) is 4.79 Å². The zero-order valence-electron chi connectivity index (χ0n) is 13.8. The maximum absolute atomic E-state index is 12.1. The minimum atomic E-state index is -0.260. The lowest BCUT2D eigenvalue weighted by Crippen LogP contribution is -2.47. The minimum Gasteiger partial charge on any atom is -0.338 e. The average molecular weight is 303 g/mol. The smallest absolute Gasteiger partial charge is 0.315 e. The SMILES string of the molecule is Cc1ccc(N2CC(CNC(=O)NC(C)(C)C)CC2=O)cc1. The molecular formula is C17H25N3O2. The van der Waals surface area contributed by atoms with Crippen molar-refractivity contribution in [3.05, 3.63) is 29.8 Å². The van der Waals surface area contributed by atoms with Crippen LogP contribution in [-0.4, -0.2) is 30.6 Å². The molecule has 5 nitrogen and oxygen atoms in total. The molecule has 22 heavy (non-hydrogen) atoms. The van der Waals surface area contributed by atoms with Crippen LogP contribution in [0.3, 0.4) is 0 Å². The molecule has 0 saturated carbocycles. The summed E-state index contributed by atoms with van der Waals surface area (Å²) >= 11 is 0. The monoisotopic (exact) mass is 303 g/mol. The van der Waals surface area contributed by atoms with E-state index in [0.717, 1.165) is 5.69 Å². The number of aryl methyl sites for hydroxylation is 1. The minimum absolute atomic E-state index is 0.117. The van der Waals surface area contributed by atoms with E-state index in [2.05, 4.69) is 10.6 Å². The number of hydrogen-bond donors (Lipinski definition) is 2. The molecule has 0 aliphatic carbocycles. The van der Waals surface area contributed by atoms with Crippen molar-refractivity contribution in [1.82, 2.24) is 10.6 Å². The largest absolute Gasteiger partial charge is 0.338 e. The van der Waals surface area contributed by atoms with Crippen LogP contribution in [-0.2, 0) is 4.79 Å². The number of carbonyl (C=O) groups is 2. The Morgan fingerprint density at radius 1 is 1.27 bits per heavy atom. The summed E-state index contributed by atoms with van der Waals surface area (Å²) in [6, 6.07) is 7.76. The maximum Gasteiger partial charge on any atom is 0.315 e. The zero-order chi connectivity index (χ0) is 16.3. The zero-order valence-corrected chi connectivity index (χ0v) is 13.8. The van der Waals surface area contributed by atoms with Crippen LogP contribution in [0.15, 0.2) is 24.3 Å². The van der Waals surface area contributed by atoms with E-state index in [9.17, 15) is 9.59 Å². The highest BCUT2D eigenvalue weighted by molar-refractivity contribution is 5.95. The molecule has 1 atom stereocenters. The molecule has 0 spiro atoms. The number of hydrogen-bond acceptors (Lipinski definition) is 2. The molecule has 1 heterocycles. The molecule has 0 aromatic heterocycles. The van der Waals surface area contributed by atoms with Crippen molar-refractivity contribution in [2.75, 3.05) is 18.0 Å². The first-order valence-corrected chi connectivity index (χ1v) is 7.67. The Hall–Kier alpha value is -2.04. The van der Waals surface area contributed by atoms with Crippen molar-refractivity contribution >= 4 is 17.6 Å². The van der Waals surface area contributed by atoms with Crippen molar-refractivity contribution in [1.29, 1.82) is 0 Å². The molecule has 0 bridgehead atoms. The van der Waals surface area contributed by atoms with Crippen LogP contribution in [0.5, 0.6) is 0 Å². The highest BCUT2D eigenvalue weighted by Crippen LogP contribution is 2.24. The highest BCUT2D eigenvalue weighted by Gasteiger charge is 2.30. The van der Waals surface area contributed by atoms with E-state index in [1.54, 1.807) is 4.90 Å². The van der Waals surface area contributed by atoms with Crippen LogP contribution in [0, 0.1) is 12.8 Å². The van der Waals surface area contributed by atoms with Crippen LogP contribution in [0.25, 0.3) is 0 Å². The molecule has 1 unspecified atom stereocenters. The summed E-state index contributed by atoms with van der Waals surface area (Å²) in [7, 11) is 0. The summed E-state index contributed by atoms with van der Waals surface area (Å²) in [5.41, 5.74) is 1.84. The fourth-order valence-electron chi connectivity index (χ4n) is 2.51. The van der Waals surface area contributed by atoms with Gasteiger partial charge in [-0.15, -0.1) is 0 Å². The Bertz CT molecular complexity index is 546. The third kappa shape index (κ3) is 4.48. The lowest BCUT2D eigenvalue weighted by atomic mass is 10.1. The maximum atomic E-state index is 12.1. The van der Waals surface area contributed by atoms with E-state index in [0.29, 0.717) is 19.5 Å². The average Bonchev–Trinajstić information content (AvgIpc) is 2.77. The van der Waals surface area contributed by atoms with Gasteiger partial charge in [-0.3, -0.25) is 4.79 Å². The van der Waals surface area contributed by atoms with Crippen LogP contribution in [0.2, 0.25) is 0 Å². The van der Waals surface area contributed by atoms with Crippen molar-refractivity contribution < 1.29 is 9.59 Å². The Morgan fingerprint density at radius 3 is 2.50 bits per heavy atom. The fourth-order valence-corrected chi connectivity index (χ4v) is 2.51. The summed E-state index contributed by atoms with van der Waals surface area (Å²) in [5.74, 6) is 0.270. The second-order valence-corrected chi connectivity index (χ2v) is 7.00. The van der Waals surface area contributed by atoms with Gasteiger partial charge in [0.2, 0.25) is 5.91 Å². The summed E-state index contributed by atoms with van der Waals surface area (Å²) in [4.78, 5) is 25.7. The molecular weight excluding hydrogens is 278 g/mol. The van der Waals surface area contributed by atoms with Crippen molar-refractivity contribution in [2.45, 2.75) is 39.7 Å². The number of rotatable bonds is 3. The standard InChI is InChI=1S/C17H25N3O2/c1-12-5-7-14(8-6-12)20-11-13(9-15(20)21)10-18-16(22)19-17(2,3)4/h5-8,13H,9-11H2,1-4H3,(H2,18,19,22). The second kappa shape index (κ2) is 6.38. The molecule has 1 aromatic carbocycles. The van der Waals surface area contributed by atoms with Crippen LogP contribution in [0.4, 0.5) is 10.5 Å². The molecule has 3 amide bonds. The Morgan fingerprint density at radius 2 is 1.91 bits per heavy atom. The van der Waals surface area contributed by atoms with Crippen molar-refractivity contribution in [3.63, 3.8) is 0 Å². The number of urea groups is 1. The van der Waals surface area contributed by atoms with Gasteiger partial charge in [0, 0.05) is 36.7 Å². The van der Waals surface area contributed by atoms with E-state index in [1.807, 2.05) is 52.0 Å². The predicted octanol–water partition coefficient (Wildman–Crippen LogP) is 2.45. The quantitative estimate of drug-likeness (QED) is 0.901. The van der Waals surface area contributed by atoms with Gasteiger partial charge in [-0.2, -0.15) is 0 Å². The Balaban J connectivity index is 1.87. The van der Waals surface area contributed by atoms with Gasteiger partial charge >= 0.3 is 6.03 Å². The van der Waals surface area contributed by atoms with Crippen LogP contribution in [0.1, 0.15) is 32.8 Å². The first-order chi connectivity index (χ1) is 10.2. The third-order valence-electron chi connectivity index (χ3n) is 3.59. The number of nitrogens with one attached hydrogen (secondary N) is 2. The van der Waals surface area contributed by atoms with Crippen molar-refractivity contribution in [3.8, 4) is 0 Å². The molecule has 1 aliphatic rings. The Labute approximate surface area is 132 Å². The molecule has 120 valence electrons. The van der Waals surface area contributed by atoms with Gasteiger partial charge in [-0.05, 0) is 39.8 Å². The van der Waals surface area contributed by atoms with Gasteiger partial charge in [-0.1, -0.05) is 17.7 Å². The third-order valence-corrected chi connectivity index (χ3v) is 3.59. The van der Waals surface area contributed by atoms with E-state index in [1.165, 1.54) is 5.56 Å². The number of amides is 3. The van der Waals surface area contributed by atoms with Gasteiger partial charge in [0.25, 0.3) is 0 Å². The first-order valence-electron chi connectivity index (χ1n) is 7.67. The van der Waals surface area contributed by atoms with E-state index < -0.39 is 0 Å². The topological polar surface area (TPSA) is 61.4 Å².